The van der Waals surface area contributed by atoms with Crippen molar-refractivity contribution in [1.82, 2.24) is 29.5 Å². The second-order valence-corrected chi connectivity index (χ2v) is 8.92. The first-order valence-corrected chi connectivity index (χ1v) is 11.2. The zero-order valence-corrected chi connectivity index (χ0v) is 18.3. The van der Waals surface area contributed by atoms with Gasteiger partial charge in [-0.25, -0.2) is 0 Å². The molecule has 0 spiro atoms. The smallest absolute Gasteiger partial charge is 0.227 e. The van der Waals surface area contributed by atoms with E-state index < -0.39 is 0 Å². The lowest BCUT2D eigenvalue weighted by Crippen LogP contribution is -2.50. The summed E-state index contributed by atoms with van der Waals surface area (Å²) in [5.41, 5.74) is 2.37. The summed E-state index contributed by atoms with van der Waals surface area (Å²) in [5, 5.41) is 4.21. The van der Waals surface area contributed by atoms with E-state index >= 15 is 0 Å². The van der Waals surface area contributed by atoms with Crippen LogP contribution in [0.5, 0.6) is 0 Å². The van der Waals surface area contributed by atoms with Gasteiger partial charge in [-0.3, -0.25) is 24.3 Å². The fourth-order valence-corrected chi connectivity index (χ4v) is 4.95. The lowest BCUT2D eigenvalue weighted by Gasteiger charge is -2.42. The van der Waals surface area contributed by atoms with Crippen LogP contribution in [-0.4, -0.2) is 74.6 Å². The highest BCUT2D eigenvalue weighted by atomic mass is 16.2. The Morgan fingerprint density at radius 3 is 2.70 bits per heavy atom. The predicted molar refractivity (Wildman–Crippen MR) is 117 cm³/mol. The minimum absolute atomic E-state index is 0.119. The van der Waals surface area contributed by atoms with Crippen LogP contribution in [-0.2, 0) is 24.9 Å². The molecule has 1 unspecified atom stereocenters. The molecule has 2 aliphatic rings. The maximum absolute atomic E-state index is 13.1. The first kappa shape index (κ1) is 21.0. The van der Waals surface area contributed by atoms with Gasteiger partial charge in [-0.2, -0.15) is 5.10 Å². The van der Waals surface area contributed by atoms with Gasteiger partial charge in [0.1, 0.15) is 0 Å². The molecular weight excluding hydrogens is 376 g/mol. The van der Waals surface area contributed by atoms with Gasteiger partial charge >= 0.3 is 0 Å². The molecule has 2 aromatic heterocycles. The molecule has 0 radical (unpaired) electrons. The van der Waals surface area contributed by atoms with Crippen LogP contribution in [0.3, 0.4) is 0 Å². The zero-order valence-electron chi connectivity index (χ0n) is 18.3. The van der Waals surface area contributed by atoms with Crippen LogP contribution in [0.1, 0.15) is 36.8 Å². The average molecular weight is 411 g/mol. The van der Waals surface area contributed by atoms with Gasteiger partial charge in [-0.1, -0.05) is 6.07 Å². The third-order valence-corrected chi connectivity index (χ3v) is 6.56. The summed E-state index contributed by atoms with van der Waals surface area (Å²) >= 11 is 0. The van der Waals surface area contributed by atoms with Gasteiger partial charge in [0.05, 0.1) is 12.1 Å². The Hall–Kier alpha value is -2.25. The van der Waals surface area contributed by atoms with E-state index in [4.69, 9.17) is 0 Å². The van der Waals surface area contributed by atoms with E-state index in [-0.39, 0.29) is 11.8 Å². The summed E-state index contributed by atoms with van der Waals surface area (Å²) in [7, 11) is 3.83. The van der Waals surface area contributed by atoms with Crippen molar-refractivity contribution < 1.29 is 4.79 Å². The van der Waals surface area contributed by atoms with Gasteiger partial charge in [0.15, 0.2) is 0 Å². The molecule has 2 saturated heterocycles. The number of rotatable bonds is 6. The van der Waals surface area contributed by atoms with Crippen molar-refractivity contribution in [1.29, 1.82) is 0 Å². The fraction of sp³-hybridized carbons (Fsp3) is 0.609. The minimum Gasteiger partial charge on any atom is -0.341 e. The Balaban J connectivity index is 1.26. The average Bonchev–Trinajstić information content (AvgIpc) is 3.19. The molecule has 2 aromatic rings. The Bertz CT molecular complexity index is 814. The molecule has 0 aliphatic carbocycles. The third-order valence-electron chi connectivity index (χ3n) is 6.56. The Morgan fingerprint density at radius 1 is 1.17 bits per heavy atom. The Labute approximate surface area is 179 Å². The molecule has 0 N–H and O–H groups in total. The van der Waals surface area contributed by atoms with Crippen molar-refractivity contribution in [3.63, 3.8) is 0 Å². The molecule has 1 atom stereocenters. The number of carbonyl (C=O) groups is 1. The number of piperidine rings is 2. The van der Waals surface area contributed by atoms with Crippen LogP contribution in [0.4, 0.5) is 0 Å². The molecule has 0 aromatic carbocycles. The highest BCUT2D eigenvalue weighted by Crippen LogP contribution is 2.25. The highest BCUT2D eigenvalue weighted by Gasteiger charge is 2.32. The number of hydrogen-bond donors (Lipinski definition) is 0. The van der Waals surface area contributed by atoms with E-state index in [1.807, 2.05) is 49.8 Å². The van der Waals surface area contributed by atoms with Crippen LogP contribution in [0.15, 0.2) is 36.9 Å². The number of carbonyl (C=O) groups excluding carboxylic acids is 1. The minimum atomic E-state index is 0.119. The second-order valence-electron chi connectivity index (χ2n) is 8.92. The first-order chi connectivity index (χ1) is 14.6. The molecule has 4 heterocycles. The van der Waals surface area contributed by atoms with E-state index in [1.165, 1.54) is 18.4 Å². The third kappa shape index (κ3) is 5.26. The normalized spacial score (nSPS) is 21.6. The van der Waals surface area contributed by atoms with Crippen LogP contribution >= 0.6 is 0 Å². The lowest BCUT2D eigenvalue weighted by molar-refractivity contribution is -0.137. The molecule has 7 heteroatoms. The number of amides is 1. The summed E-state index contributed by atoms with van der Waals surface area (Å²) in [6.45, 7) is 5.90. The SMILES string of the molecule is CN(Cc1cnn(C)c1)C(=O)C1CCCN(C2CCN(Cc3cccnc3)CC2)C1. The molecule has 30 heavy (non-hydrogen) atoms. The Kier molecular flexibility index (Phi) is 6.79. The highest BCUT2D eigenvalue weighted by molar-refractivity contribution is 5.78. The van der Waals surface area contributed by atoms with Gasteiger partial charge in [-0.05, 0) is 56.9 Å². The van der Waals surface area contributed by atoms with Crippen molar-refractivity contribution in [2.75, 3.05) is 33.2 Å². The van der Waals surface area contributed by atoms with E-state index in [1.54, 1.807) is 4.68 Å². The molecule has 1 amide bonds. The maximum atomic E-state index is 13.1. The lowest BCUT2D eigenvalue weighted by atomic mass is 9.92. The molecule has 2 fully saturated rings. The van der Waals surface area contributed by atoms with Gasteiger partial charge in [0.25, 0.3) is 0 Å². The van der Waals surface area contributed by atoms with E-state index in [0.29, 0.717) is 12.6 Å². The number of aromatic nitrogens is 3. The summed E-state index contributed by atoms with van der Waals surface area (Å²) in [4.78, 5) is 24.3. The van der Waals surface area contributed by atoms with Crippen molar-refractivity contribution in [3.8, 4) is 0 Å². The number of aryl methyl sites for hydroxylation is 1. The standard InChI is InChI=1S/C23H34N6O/c1-26(15-20-14-25-27(2)16-20)23(30)21-6-4-10-29(18-21)22-7-11-28(12-8-22)17-19-5-3-9-24-13-19/h3,5,9,13-14,16,21-22H,4,6-8,10-12,15,17-18H2,1-2H3. The first-order valence-electron chi connectivity index (χ1n) is 11.2. The van der Waals surface area contributed by atoms with Crippen molar-refractivity contribution in [2.24, 2.45) is 13.0 Å². The summed E-state index contributed by atoms with van der Waals surface area (Å²) in [5.74, 6) is 0.395. The number of nitrogens with zero attached hydrogens (tertiary/aromatic N) is 6. The zero-order chi connectivity index (χ0) is 20.9. The molecule has 0 bridgehead atoms. The molecule has 0 saturated carbocycles. The molecule has 4 rings (SSSR count). The molecule has 7 nitrogen and oxygen atoms in total. The second kappa shape index (κ2) is 9.71. The number of likely N-dealkylation sites (tertiary alicyclic amines) is 2. The van der Waals surface area contributed by atoms with Crippen molar-refractivity contribution >= 4 is 5.91 Å². The number of pyridine rings is 1. The largest absolute Gasteiger partial charge is 0.341 e. The topological polar surface area (TPSA) is 57.5 Å². The van der Waals surface area contributed by atoms with E-state index in [0.717, 1.165) is 51.1 Å². The van der Waals surface area contributed by atoms with Gasteiger partial charge in [0, 0.05) is 63.9 Å². The summed E-state index contributed by atoms with van der Waals surface area (Å²) < 4.78 is 1.79. The van der Waals surface area contributed by atoms with Gasteiger partial charge in [-0.15, -0.1) is 0 Å². The van der Waals surface area contributed by atoms with E-state index in [9.17, 15) is 4.79 Å². The van der Waals surface area contributed by atoms with Crippen LogP contribution in [0.2, 0.25) is 0 Å². The summed E-state index contributed by atoms with van der Waals surface area (Å²) in [6.07, 6.45) is 12.1. The van der Waals surface area contributed by atoms with Crippen molar-refractivity contribution in [3.05, 3.63) is 48.0 Å². The predicted octanol–water partition coefficient (Wildman–Crippen LogP) is 2.15. The summed E-state index contributed by atoms with van der Waals surface area (Å²) in [6, 6.07) is 4.77. The Morgan fingerprint density at radius 2 is 2.00 bits per heavy atom. The quantitative estimate of drug-likeness (QED) is 0.730. The van der Waals surface area contributed by atoms with Crippen LogP contribution in [0.25, 0.3) is 0 Å². The molecular formula is C23H34N6O. The molecule has 2 aliphatic heterocycles. The van der Waals surface area contributed by atoms with Gasteiger partial charge < -0.3 is 4.90 Å². The van der Waals surface area contributed by atoms with Crippen molar-refractivity contribution in [2.45, 2.75) is 44.8 Å². The fourth-order valence-electron chi connectivity index (χ4n) is 4.95. The molecule has 162 valence electrons. The maximum Gasteiger partial charge on any atom is 0.227 e. The number of hydrogen-bond acceptors (Lipinski definition) is 5. The van der Waals surface area contributed by atoms with Crippen LogP contribution in [0, 0.1) is 5.92 Å². The monoisotopic (exact) mass is 410 g/mol. The van der Waals surface area contributed by atoms with Gasteiger partial charge in [0.2, 0.25) is 5.91 Å². The van der Waals surface area contributed by atoms with E-state index in [2.05, 4.69) is 25.9 Å². The van der Waals surface area contributed by atoms with Crippen LogP contribution < -0.4 is 0 Å².